The number of nitrogens with one attached hydrogen (secondary N) is 2. The van der Waals surface area contributed by atoms with Gasteiger partial charge in [0.15, 0.2) is 0 Å². The number of benzene rings is 2. The van der Waals surface area contributed by atoms with Crippen molar-refractivity contribution < 1.29 is 23.5 Å². The molecular formula is C28H35FN4O4. The lowest BCUT2D eigenvalue weighted by molar-refractivity contribution is -0.125. The summed E-state index contributed by atoms with van der Waals surface area (Å²) in [7, 11) is 1.51. The molecule has 2 N–H and O–H groups in total. The van der Waals surface area contributed by atoms with Crippen LogP contribution < -0.4 is 10.6 Å². The Morgan fingerprint density at radius 2 is 1.97 bits per heavy atom. The standard InChI is InChI=1S/C28H35FN4O4/c1-18-14-32(15-19(2)37-18)16-20-9-10-21(24(29)12-20)13-31-25-7-4-6-22-23(25)17-33(28(22)36)26(8-5-11-34)27(35)30-3/h4,6-7,9-12,18-19,26,31H,5,8,13-17H2,1-3H3,(H,30,35). The highest BCUT2D eigenvalue weighted by atomic mass is 19.1. The third-order valence-electron chi connectivity index (χ3n) is 6.97. The summed E-state index contributed by atoms with van der Waals surface area (Å²) in [4.78, 5) is 40.2. The number of anilines is 1. The predicted octanol–water partition coefficient (Wildman–Crippen LogP) is 3.10. The Morgan fingerprint density at radius 3 is 2.65 bits per heavy atom. The first-order valence-electron chi connectivity index (χ1n) is 12.8. The van der Waals surface area contributed by atoms with Crippen LogP contribution in [0.1, 0.15) is 53.7 Å². The number of halogens is 1. The molecular weight excluding hydrogens is 475 g/mol. The van der Waals surface area contributed by atoms with Gasteiger partial charge in [-0.05, 0) is 44.0 Å². The van der Waals surface area contributed by atoms with E-state index in [0.717, 1.165) is 36.2 Å². The van der Waals surface area contributed by atoms with Crippen molar-refractivity contribution >= 4 is 23.8 Å². The number of likely N-dealkylation sites (N-methyl/N-ethyl adjacent to an activating group) is 1. The van der Waals surface area contributed by atoms with Crippen LogP contribution in [0.5, 0.6) is 0 Å². The zero-order chi connectivity index (χ0) is 26.5. The molecule has 0 aromatic heterocycles. The van der Waals surface area contributed by atoms with Crippen molar-refractivity contribution in [3.8, 4) is 0 Å². The molecule has 8 nitrogen and oxygen atoms in total. The third-order valence-corrected chi connectivity index (χ3v) is 6.97. The number of morpholine rings is 1. The van der Waals surface area contributed by atoms with Gasteiger partial charge in [0.2, 0.25) is 5.91 Å². The van der Waals surface area contributed by atoms with Crippen LogP contribution in [0.3, 0.4) is 0 Å². The normalized spacial score (nSPS) is 20.4. The molecule has 1 fully saturated rings. The summed E-state index contributed by atoms with van der Waals surface area (Å²) in [6.07, 6.45) is 1.50. The Balaban J connectivity index is 1.44. The second kappa shape index (κ2) is 11.8. The van der Waals surface area contributed by atoms with E-state index in [2.05, 4.69) is 29.4 Å². The fraction of sp³-hybridized carbons (Fsp3) is 0.464. The van der Waals surface area contributed by atoms with Gasteiger partial charge in [0, 0.05) is 68.6 Å². The Kier molecular flexibility index (Phi) is 8.56. The number of hydrogen-bond donors (Lipinski definition) is 2. The average molecular weight is 511 g/mol. The van der Waals surface area contributed by atoms with Gasteiger partial charge < -0.3 is 25.1 Å². The van der Waals surface area contributed by atoms with Gasteiger partial charge in [-0.3, -0.25) is 14.5 Å². The molecule has 0 saturated carbocycles. The number of nitrogens with zero attached hydrogens (tertiary/aromatic N) is 2. The minimum atomic E-state index is -0.731. The fourth-order valence-corrected chi connectivity index (χ4v) is 5.29. The number of amides is 2. The van der Waals surface area contributed by atoms with Crippen molar-refractivity contribution in [3.63, 3.8) is 0 Å². The third kappa shape index (κ3) is 6.17. The second-order valence-electron chi connectivity index (χ2n) is 9.87. The number of carbonyl (C=O) groups is 3. The van der Waals surface area contributed by atoms with E-state index < -0.39 is 6.04 Å². The summed E-state index contributed by atoms with van der Waals surface area (Å²) in [6, 6.07) is 9.95. The van der Waals surface area contributed by atoms with E-state index in [1.807, 2.05) is 12.1 Å². The molecule has 3 unspecified atom stereocenters. The number of hydrogen-bond acceptors (Lipinski definition) is 6. The van der Waals surface area contributed by atoms with Gasteiger partial charge in [-0.25, -0.2) is 4.39 Å². The van der Waals surface area contributed by atoms with Gasteiger partial charge in [0.25, 0.3) is 5.91 Å². The summed E-state index contributed by atoms with van der Waals surface area (Å²) in [5.74, 6) is -0.834. The second-order valence-corrected chi connectivity index (χ2v) is 9.87. The van der Waals surface area contributed by atoms with Crippen molar-refractivity contribution in [2.45, 2.75) is 64.6 Å². The van der Waals surface area contributed by atoms with Crippen LogP contribution in [-0.2, 0) is 34.0 Å². The summed E-state index contributed by atoms with van der Waals surface area (Å²) < 4.78 is 20.8. The molecule has 4 rings (SSSR count). The predicted molar refractivity (Wildman–Crippen MR) is 138 cm³/mol. The Labute approximate surface area is 217 Å². The lowest BCUT2D eigenvalue weighted by Gasteiger charge is -2.35. The number of ether oxygens (including phenoxy) is 1. The summed E-state index contributed by atoms with van der Waals surface area (Å²) in [5, 5.41) is 5.86. The van der Waals surface area contributed by atoms with Crippen LogP contribution in [0.2, 0.25) is 0 Å². The molecule has 2 aromatic carbocycles. The van der Waals surface area contributed by atoms with Crippen LogP contribution in [0.15, 0.2) is 36.4 Å². The minimum Gasteiger partial charge on any atom is -0.381 e. The molecule has 2 amide bonds. The van der Waals surface area contributed by atoms with Crippen LogP contribution in [-0.4, -0.2) is 66.3 Å². The van der Waals surface area contributed by atoms with Crippen molar-refractivity contribution in [1.29, 1.82) is 0 Å². The Bertz CT molecular complexity index is 1150. The maximum Gasteiger partial charge on any atom is 0.255 e. The van der Waals surface area contributed by atoms with E-state index in [9.17, 15) is 18.8 Å². The van der Waals surface area contributed by atoms with Gasteiger partial charge in [-0.15, -0.1) is 0 Å². The van der Waals surface area contributed by atoms with Crippen molar-refractivity contribution in [2.24, 2.45) is 0 Å². The van der Waals surface area contributed by atoms with E-state index in [0.29, 0.717) is 17.7 Å². The molecule has 1 saturated heterocycles. The van der Waals surface area contributed by atoms with Crippen molar-refractivity contribution in [2.75, 3.05) is 25.5 Å². The zero-order valence-electron chi connectivity index (χ0n) is 21.6. The molecule has 37 heavy (non-hydrogen) atoms. The summed E-state index contributed by atoms with van der Waals surface area (Å²) in [5.41, 5.74) is 3.44. The highest BCUT2D eigenvalue weighted by molar-refractivity contribution is 6.02. The minimum absolute atomic E-state index is 0.157. The quantitative estimate of drug-likeness (QED) is 0.478. The summed E-state index contributed by atoms with van der Waals surface area (Å²) >= 11 is 0. The van der Waals surface area contributed by atoms with E-state index in [1.165, 1.54) is 11.9 Å². The lowest BCUT2D eigenvalue weighted by atomic mass is 10.1. The molecule has 3 atom stereocenters. The molecule has 2 aliphatic heterocycles. The molecule has 9 heteroatoms. The SMILES string of the molecule is CNC(=O)C(CCC=O)N1Cc2c(NCc3ccc(CN4CC(C)OC(C)C4)cc3F)cccc2C1=O. The first-order chi connectivity index (χ1) is 17.8. The van der Waals surface area contributed by atoms with Gasteiger partial charge in [-0.1, -0.05) is 18.2 Å². The number of carbonyl (C=O) groups excluding carboxylic acids is 3. The van der Waals surface area contributed by atoms with E-state index in [-0.39, 0.29) is 55.8 Å². The Morgan fingerprint density at radius 1 is 1.22 bits per heavy atom. The molecule has 0 aliphatic carbocycles. The Hall–Kier alpha value is -3.30. The smallest absolute Gasteiger partial charge is 0.255 e. The lowest BCUT2D eigenvalue weighted by Crippen LogP contribution is -2.46. The van der Waals surface area contributed by atoms with Crippen LogP contribution in [0.4, 0.5) is 10.1 Å². The molecule has 0 bridgehead atoms. The number of fused-ring (bicyclic) bond motifs is 1. The topological polar surface area (TPSA) is 91.0 Å². The maximum absolute atomic E-state index is 15.0. The number of aldehydes is 1. The molecule has 198 valence electrons. The molecule has 2 aliphatic rings. The van der Waals surface area contributed by atoms with E-state index in [1.54, 1.807) is 24.3 Å². The van der Waals surface area contributed by atoms with E-state index >= 15 is 0 Å². The van der Waals surface area contributed by atoms with Gasteiger partial charge >= 0.3 is 0 Å². The monoisotopic (exact) mass is 510 g/mol. The van der Waals surface area contributed by atoms with Gasteiger partial charge in [0.05, 0.1) is 12.2 Å². The van der Waals surface area contributed by atoms with Crippen molar-refractivity contribution in [3.05, 3.63) is 64.5 Å². The molecule has 0 radical (unpaired) electrons. The number of rotatable bonds is 10. The van der Waals surface area contributed by atoms with Gasteiger partial charge in [0.1, 0.15) is 18.1 Å². The fourth-order valence-electron chi connectivity index (χ4n) is 5.29. The average Bonchev–Trinajstić information content (AvgIpc) is 3.19. The molecule has 2 heterocycles. The first kappa shape index (κ1) is 26.8. The van der Waals surface area contributed by atoms with Crippen molar-refractivity contribution in [1.82, 2.24) is 15.1 Å². The maximum atomic E-state index is 15.0. The van der Waals surface area contributed by atoms with E-state index in [4.69, 9.17) is 4.74 Å². The molecule has 2 aromatic rings. The van der Waals surface area contributed by atoms with Crippen LogP contribution >= 0.6 is 0 Å². The van der Waals surface area contributed by atoms with Crippen LogP contribution in [0.25, 0.3) is 0 Å². The summed E-state index contributed by atoms with van der Waals surface area (Å²) in [6.45, 7) is 6.91. The molecule has 0 spiro atoms. The van der Waals surface area contributed by atoms with Gasteiger partial charge in [-0.2, -0.15) is 0 Å². The largest absolute Gasteiger partial charge is 0.381 e. The van der Waals surface area contributed by atoms with Crippen LogP contribution in [0, 0.1) is 5.82 Å². The highest BCUT2D eigenvalue weighted by Crippen LogP contribution is 2.32. The highest BCUT2D eigenvalue weighted by Gasteiger charge is 2.36. The first-order valence-corrected chi connectivity index (χ1v) is 12.8. The zero-order valence-corrected chi connectivity index (χ0v) is 21.6.